The van der Waals surface area contributed by atoms with Gasteiger partial charge in [0.25, 0.3) is 0 Å². The van der Waals surface area contributed by atoms with Crippen LogP contribution in [0.3, 0.4) is 0 Å². The summed E-state index contributed by atoms with van der Waals surface area (Å²) in [6, 6.07) is 34.9. The molecular formula is C37H41N2O2+. The van der Waals surface area contributed by atoms with Crippen LogP contribution in [0.15, 0.2) is 103 Å². The molecule has 0 saturated heterocycles. The van der Waals surface area contributed by atoms with E-state index in [1.54, 1.807) is 14.2 Å². The van der Waals surface area contributed by atoms with Crippen molar-refractivity contribution < 1.29 is 14.0 Å². The van der Waals surface area contributed by atoms with Crippen LogP contribution < -0.4 is 14.0 Å². The fraction of sp³-hybridized carbons (Fsp3) is 0.270. The van der Waals surface area contributed by atoms with Crippen molar-refractivity contribution in [3.05, 3.63) is 126 Å². The first-order valence-corrected chi connectivity index (χ1v) is 14.5. The summed E-state index contributed by atoms with van der Waals surface area (Å²) < 4.78 is 15.6. The van der Waals surface area contributed by atoms with E-state index in [-0.39, 0.29) is 0 Å². The second-order valence-corrected chi connectivity index (χ2v) is 11.3. The van der Waals surface area contributed by atoms with Crippen LogP contribution in [0.4, 0.5) is 0 Å². The minimum atomic E-state index is 0.484. The SMILES string of the molecule is COc1ccc(Cn2c[n+](Cc3ccc(OC)cc3)c(-c3ccc(C(C)C)cc3)c2-c2ccc(C(C)C)cc2)cc1. The maximum absolute atomic E-state index is 5.41. The minimum Gasteiger partial charge on any atom is -0.497 e. The lowest BCUT2D eigenvalue weighted by Crippen LogP contribution is -2.34. The van der Waals surface area contributed by atoms with Gasteiger partial charge in [-0.05, 0) is 58.4 Å². The van der Waals surface area contributed by atoms with Crippen LogP contribution in [0.1, 0.15) is 61.8 Å². The Bertz CT molecular complexity index is 1440. The van der Waals surface area contributed by atoms with Crippen molar-refractivity contribution in [3.63, 3.8) is 0 Å². The molecule has 1 aromatic heterocycles. The molecule has 4 nitrogen and oxygen atoms in total. The normalized spacial score (nSPS) is 11.3. The van der Waals surface area contributed by atoms with Crippen LogP contribution in [-0.2, 0) is 13.1 Å². The summed E-state index contributed by atoms with van der Waals surface area (Å²) >= 11 is 0. The first kappa shape index (κ1) is 28.2. The molecule has 0 saturated carbocycles. The fourth-order valence-electron chi connectivity index (χ4n) is 5.31. The van der Waals surface area contributed by atoms with Crippen molar-refractivity contribution in [2.24, 2.45) is 0 Å². The molecule has 0 bridgehead atoms. The van der Waals surface area contributed by atoms with E-state index < -0.39 is 0 Å². The highest BCUT2D eigenvalue weighted by atomic mass is 16.5. The van der Waals surface area contributed by atoms with Gasteiger partial charge >= 0.3 is 0 Å². The molecule has 0 fully saturated rings. The molecule has 0 spiro atoms. The van der Waals surface area contributed by atoms with Gasteiger partial charge in [-0.15, -0.1) is 0 Å². The Morgan fingerprint density at radius 1 is 0.585 bits per heavy atom. The zero-order valence-electron chi connectivity index (χ0n) is 25.1. The number of rotatable bonds is 10. The van der Waals surface area contributed by atoms with Crippen LogP contribution in [-0.4, -0.2) is 18.8 Å². The van der Waals surface area contributed by atoms with Gasteiger partial charge in [0.2, 0.25) is 6.33 Å². The topological polar surface area (TPSA) is 27.3 Å². The van der Waals surface area contributed by atoms with E-state index in [2.05, 4.69) is 116 Å². The second-order valence-electron chi connectivity index (χ2n) is 11.3. The molecule has 0 amide bonds. The van der Waals surface area contributed by atoms with E-state index >= 15 is 0 Å². The predicted molar refractivity (Wildman–Crippen MR) is 168 cm³/mol. The van der Waals surface area contributed by atoms with Crippen molar-refractivity contribution >= 4 is 0 Å². The summed E-state index contributed by atoms with van der Waals surface area (Å²) in [6.07, 6.45) is 2.27. The van der Waals surface area contributed by atoms with Gasteiger partial charge in [0, 0.05) is 11.1 Å². The Labute approximate surface area is 244 Å². The van der Waals surface area contributed by atoms with Gasteiger partial charge in [0.05, 0.1) is 14.2 Å². The van der Waals surface area contributed by atoms with Crippen LogP contribution in [0.25, 0.3) is 22.5 Å². The molecule has 0 unspecified atom stereocenters. The number of hydrogen-bond acceptors (Lipinski definition) is 2. The predicted octanol–water partition coefficient (Wildman–Crippen LogP) is 8.47. The first-order valence-electron chi connectivity index (χ1n) is 14.5. The summed E-state index contributed by atoms with van der Waals surface area (Å²) in [5, 5.41) is 0. The van der Waals surface area contributed by atoms with E-state index in [0.717, 1.165) is 24.6 Å². The highest BCUT2D eigenvalue weighted by Gasteiger charge is 2.27. The van der Waals surface area contributed by atoms with Crippen molar-refractivity contribution in [1.82, 2.24) is 4.57 Å². The Morgan fingerprint density at radius 2 is 1.05 bits per heavy atom. The quantitative estimate of drug-likeness (QED) is 0.165. The van der Waals surface area contributed by atoms with Gasteiger partial charge in [-0.25, -0.2) is 9.13 Å². The smallest absolute Gasteiger partial charge is 0.245 e. The summed E-state index contributed by atoms with van der Waals surface area (Å²) in [6.45, 7) is 10.5. The standard InChI is InChI=1S/C37H41N2O2/c1-26(2)30-11-15-32(16-12-30)36-37(33-17-13-31(14-18-33)27(3)4)39(24-29-9-21-35(41-6)22-10-29)25-38(36)23-28-7-19-34(40-5)20-8-28/h7-22,25-27H,23-24H2,1-6H3/q+1. The van der Waals surface area contributed by atoms with Crippen LogP contribution in [0, 0.1) is 0 Å². The maximum atomic E-state index is 5.41. The third-order valence-corrected chi connectivity index (χ3v) is 7.80. The fourth-order valence-corrected chi connectivity index (χ4v) is 5.31. The number of methoxy groups -OCH3 is 2. The van der Waals surface area contributed by atoms with Gasteiger partial charge in [-0.3, -0.25) is 0 Å². The first-order chi connectivity index (χ1) is 19.9. The van der Waals surface area contributed by atoms with E-state index in [1.165, 1.54) is 44.8 Å². The molecule has 0 aliphatic heterocycles. The molecule has 0 N–H and O–H groups in total. The van der Waals surface area contributed by atoms with E-state index in [0.29, 0.717) is 11.8 Å². The summed E-state index contributed by atoms with van der Waals surface area (Å²) in [4.78, 5) is 0. The van der Waals surface area contributed by atoms with Crippen molar-refractivity contribution in [3.8, 4) is 34.0 Å². The Balaban J connectivity index is 1.69. The van der Waals surface area contributed by atoms with Crippen LogP contribution in [0.2, 0.25) is 0 Å². The molecule has 210 valence electrons. The molecule has 5 aromatic rings. The summed E-state index contributed by atoms with van der Waals surface area (Å²) in [5.41, 5.74) is 9.97. The van der Waals surface area contributed by atoms with Crippen molar-refractivity contribution in [1.29, 1.82) is 0 Å². The van der Waals surface area contributed by atoms with Gasteiger partial charge in [0.15, 0.2) is 11.4 Å². The summed E-state index contributed by atoms with van der Waals surface area (Å²) in [5.74, 6) is 2.70. The molecule has 41 heavy (non-hydrogen) atoms. The van der Waals surface area contributed by atoms with Gasteiger partial charge < -0.3 is 9.47 Å². The average molecular weight is 546 g/mol. The van der Waals surface area contributed by atoms with Crippen molar-refractivity contribution in [2.75, 3.05) is 14.2 Å². The van der Waals surface area contributed by atoms with E-state index in [1.807, 2.05) is 24.3 Å². The minimum absolute atomic E-state index is 0.484. The number of nitrogens with zero attached hydrogens (tertiary/aromatic N) is 2. The number of aromatic nitrogens is 2. The lowest BCUT2D eigenvalue weighted by Gasteiger charge is -2.11. The second kappa shape index (κ2) is 12.5. The molecule has 0 aliphatic carbocycles. The Morgan fingerprint density at radius 3 is 1.51 bits per heavy atom. The molecule has 1 heterocycles. The van der Waals surface area contributed by atoms with E-state index in [9.17, 15) is 0 Å². The Kier molecular flexibility index (Phi) is 8.58. The number of hydrogen-bond donors (Lipinski definition) is 0. The van der Waals surface area contributed by atoms with Gasteiger partial charge in [-0.1, -0.05) is 100 Å². The van der Waals surface area contributed by atoms with E-state index in [4.69, 9.17) is 9.47 Å². The zero-order valence-corrected chi connectivity index (χ0v) is 25.1. The lowest BCUT2D eigenvalue weighted by atomic mass is 9.97. The molecular weight excluding hydrogens is 504 g/mol. The van der Waals surface area contributed by atoms with Crippen LogP contribution >= 0.6 is 0 Å². The number of benzene rings is 4. The highest BCUT2D eigenvalue weighted by molar-refractivity contribution is 5.77. The lowest BCUT2D eigenvalue weighted by molar-refractivity contribution is -0.677. The monoisotopic (exact) mass is 545 g/mol. The average Bonchev–Trinajstić information content (AvgIpc) is 3.35. The molecule has 0 aliphatic rings. The third-order valence-electron chi connectivity index (χ3n) is 7.80. The molecule has 4 heteroatoms. The molecule has 4 aromatic carbocycles. The van der Waals surface area contributed by atoms with Crippen LogP contribution in [0.5, 0.6) is 11.5 Å². The highest BCUT2D eigenvalue weighted by Crippen LogP contribution is 2.33. The largest absolute Gasteiger partial charge is 0.497 e. The van der Waals surface area contributed by atoms with Gasteiger partial charge in [-0.2, -0.15) is 0 Å². The maximum Gasteiger partial charge on any atom is 0.245 e. The van der Waals surface area contributed by atoms with Crippen molar-refractivity contribution in [2.45, 2.75) is 52.6 Å². The number of ether oxygens (including phenoxy) is 2. The molecule has 0 radical (unpaired) electrons. The summed E-state index contributed by atoms with van der Waals surface area (Å²) in [7, 11) is 3.41. The van der Waals surface area contributed by atoms with Gasteiger partial charge in [0.1, 0.15) is 24.6 Å². The third kappa shape index (κ3) is 6.38. The Hall–Kier alpha value is -4.31. The number of imidazole rings is 1. The molecule has 5 rings (SSSR count). The zero-order chi connectivity index (χ0) is 28.9. The molecule has 0 atom stereocenters.